The molecule has 0 radical (unpaired) electrons. The Balaban J connectivity index is 2.27. The number of carbonyl (C=O) groups excluding carboxylic acids is 2. The lowest BCUT2D eigenvalue weighted by atomic mass is 10.1. The molecule has 7 nitrogen and oxygen atoms in total. The Bertz CT molecular complexity index is 836. The Labute approximate surface area is 142 Å². The molecule has 2 aromatic carbocycles. The third-order valence-electron chi connectivity index (χ3n) is 3.30. The minimum absolute atomic E-state index is 0.0163. The Morgan fingerprint density at radius 3 is 2.29 bits per heavy atom. The number of nitrogens with one attached hydrogen (secondary N) is 2. The maximum atomic E-state index is 12.3. The van der Waals surface area contributed by atoms with E-state index >= 15 is 0 Å². The molecule has 2 N–H and O–H groups in total. The molecule has 0 fully saturated rings. The van der Waals surface area contributed by atoms with Gasteiger partial charge in [0.1, 0.15) is 0 Å². The van der Waals surface area contributed by atoms with Crippen molar-refractivity contribution in [2.45, 2.75) is 13.8 Å². The summed E-state index contributed by atoms with van der Waals surface area (Å²) in [6, 6.07) is 8.70. The average molecular weight is 348 g/mol. The second-order valence-electron chi connectivity index (χ2n) is 5.03. The summed E-state index contributed by atoms with van der Waals surface area (Å²) < 4.78 is 0. The molecule has 0 unspecified atom stereocenters. The third-order valence-corrected chi connectivity index (χ3v) is 3.61. The van der Waals surface area contributed by atoms with Gasteiger partial charge in [0.15, 0.2) is 0 Å². The summed E-state index contributed by atoms with van der Waals surface area (Å²) in [4.78, 5) is 33.6. The fraction of sp³-hybridized carbons (Fsp3) is 0.125. The van der Waals surface area contributed by atoms with Crippen LogP contribution in [-0.4, -0.2) is 16.7 Å². The summed E-state index contributed by atoms with van der Waals surface area (Å²) in [6.07, 6.45) is 0. The molecule has 0 bridgehead atoms. The molecule has 24 heavy (non-hydrogen) atoms. The minimum Gasteiger partial charge on any atom is -0.326 e. The highest BCUT2D eigenvalue weighted by atomic mass is 35.5. The van der Waals surface area contributed by atoms with Gasteiger partial charge >= 0.3 is 0 Å². The molecule has 124 valence electrons. The number of halogens is 1. The summed E-state index contributed by atoms with van der Waals surface area (Å²) in [7, 11) is 0. The molecule has 2 rings (SSSR count). The van der Waals surface area contributed by atoms with Crippen molar-refractivity contribution in [1.29, 1.82) is 0 Å². The van der Waals surface area contributed by atoms with Crippen LogP contribution in [0, 0.1) is 17.0 Å². The number of nitro groups is 1. The van der Waals surface area contributed by atoms with Gasteiger partial charge in [-0.1, -0.05) is 17.7 Å². The fourth-order valence-electron chi connectivity index (χ4n) is 2.09. The van der Waals surface area contributed by atoms with Gasteiger partial charge in [0.25, 0.3) is 11.6 Å². The molecule has 0 spiro atoms. The number of benzene rings is 2. The van der Waals surface area contributed by atoms with Crippen molar-refractivity contribution in [3.63, 3.8) is 0 Å². The normalized spacial score (nSPS) is 10.1. The van der Waals surface area contributed by atoms with E-state index in [0.29, 0.717) is 16.9 Å². The molecule has 0 saturated heterocycles. The Morgan fingerprint density at radius 1 is 1.12 bits per heavy atom. The van der Waals surface area contributed by atoms with Crippen LogP contribution >= 0.6 is 11.6 Å². The van der Waals surface area contributed by atoms with Crippen LogP contribution in [0.25, 0.3) is 0 Å². The highest BCUT2D eigenvalue weighted by molar-refractivity contribution is 6.34. The molecule has 0 aromatic heterocycles. The monoisotopic (exact) mass is 347 g/mol. The predicted octanol–water partition coefficient (Wildman–Crippen LogP) is 3.77. The summed E-state index contributed by atoms with van der Waals surface area (Å²) >= 11 is 5.95. The van der Waals surface area contributed by atoms with Crippen LogP contribution in [0.1, 0.15) is 22.8 Å². The number of nitro benzene ring substituents is 1. The first kappa shape index (κ1) is 17.4. The van der Waals surface area contributed by atoms with Crippen molar-refractivity contribution in [2.75, 3.05) is 10.6 Å². The Morgan fingerprint density at radius 2 is 1.75 bits per heavy atom. The van der Waals surface area contributed by atoms with Crippen molar-refractivity contribution >= 4 is 40.5 Å². The van der Waals surface area contributed by atoms with E-state index in [1.807, 2.05) is 0 Å². The maximum absolute atomic E-state index is 12.3. The first-order valence-corrected chi connectivity index (χ1v) is 7.30. The van der Waals surface area contributed by atoms with E-state index in [-0.39, 0.29) is 22.2 Å². The molecule has 0 aliphatic carbocycles. The van der Waals surface area contributed by atoms with E-state index < -0.39 is 10.8 Å². The van der Waals surface area contributed by atoms with Crippen molar-refractivity contribution in [2.24, 2.45) is 0 Å². The summed E-state index contributed by atoms with van der Waals surface area (Å²) in [6.45, 7) is 3.14. The lowest BCUT2D eigenvalue weighted by molar-refractivity contribution is -0.384. The number of hydrogen-bond donors (Lipinski definition) is 2. The zero-order valence-corrected chi connectivity index (χ0v) is 13.7. The Kier molecular flexibility index (Phi) is 5.15. The number of carbonyl (C=O) groups is 2. The Hall–Kier alpha value is -2.93. The molecule has 0 saturated carbocycles. The lowest BCUT2D eigenvalue weighted by Crippen LogP contribution is -2.14. The number of rotatable bonds is 4. The zero-order valence-electron chi connectivity index (χ0n) is 12.9. The van der Waals surface area contributed by atoms with E-state index in [0.717, 1.165) is 6.07 Å². The van der Waals surface area contributed by atoms with Crippen molar-refractivity contribution in [1.82, 2.24) is 0 Å². The highest BCUT2D eigenvalue weighted by Gasteiger charge is 2.16. The average Bonchev–Trinajstić information content (AvgIpc) is 2.50. The molecule has 8 heteroatoms. The van der Waals surface area contributed by atoms with Gasteiger partial charge in [-0.2, -0.15) is 0 Å². The van der Waals surface area contributed by atoms with Crippen LogP contribution in [0.15, 0.2) is 36.4 Å². The van der Waals surface area contributed by atoms with Crippen LogP contribution in [0.3, 0.4) is 0 Å². The van der Waals surface area contributed by atoms with Crippen LogP contribution in [0.4, 0.5) is 17.1 Å². The highest BCUT2D eigenvalue weighted by Crippen LogP contribution is 2.26. The second kappa shape index (κ2) is 7.10. The zero-order chi connectivity index (χ0) is 17.9. The second-order valence-corrected chi connectivity index (χ2v) is 5.44. The van der Waals surface area contributed by atoms with E-state index in [1.54, 1.807) is 25.1 Å². The topological polar surface area (TPSA) is 101 Å². The third kappa shape index (κ3) is 3.88. The molecule has 0 aliphatic heterocycles. The van der Waals surface area contributed by atoms with Crippen molar-refractivity contribution in [3.8, 4) is 0 Å². The molecular formula is C16H14ClN3O4. The van der Waals surface area contributed by atoms with Crippen molar-refractivity contribution in [3.05, 3.63) is 62.7 Å². The molecule has 2 amide bonds. The summed E-state index contributed by atoms with van der Waals surface area (Å²) in [5, 5.41) is 16.0. The SMILES string of the molecule is CC(=O)Nc1cccc(NC(=O)c2ccc([N+](=O)[O-])cc2Cl)c1C. The maximum Gasteiger partial charge on any atom is 0.270 e. The molecule has 0 atom stereocenters. The van der Waals surface area contributed by atoms with Crippen LogP contribution in [0.5, 0.6) is 0 Å². The number of non-ortho nitro benzene ring substituents is 1. The summed E-state index contributed by atoms with van der Waals surface area (Å²) in [5.74, 6) is -0.724. The number of amides is 2. The largest absolute Gasteiger partial charge is 0.326 e. The van der Waals surface area contributed by atoms with Gasteiger partial charge in [-0.25, -0.2) is 0 Å². The standard InChI is InChI=1S/C16H14ClN3O4/c1-9-14(18-10(2)21)4-3-5-15(9)19-16(22)12-7-6-11(20(23)24)8-13(12)17/h3-8H,1-2H3,(H,18,21)(H,19,22). The van der Waals surface area contributed by atoms with E-state index in [1.165, 1.54) is 19.1 Å². The lowest BCUT2D eigenvalue weighted by Gasteiger charge is -2.13. The fourth-order valence-corrected chi connectivity index (χ4v) is 2.35. The van der Waals surface area contributed by atoms with Gasteiger partial charge in [0.05, 0.1) is 15.5 Å². The van der Waals surface area contributed by atoms with Crippen LogP contribution in [-0.2, 0) is 4.79 Å². The molecule has 0 heterocycles. The van der Waals surface area contributed by atoms with Gasteiger partial charge in [-0.3, -0.25) is 19.7 Å². The molecule has 0 aliphatic rings. The quantitative estimate of drug-likeness (QED) is 0.649. The summed E-state index contributed by atoms with van der Waals surface area (Å²) in [5.41, 5.74) is 1.68. The van der Waals surface area contributed by atoms with Crippen LogP contribution in [0.2, 0.25) is 5.02 Å². The first-order valence-electron chi connectivity index (χ1n) is 6.92. The van der Waals surface area contributed by atoms with Gasteiger partial charge in [-0.05, 0) is 30.7 Å². The number of nitrogens with zero attached hydrogens (tertiary/aromatic N) is 1. The molecular weight excluding hydrogens is 334 g/mol. The van der Waals surface area contributed by atoms with Crippen molar-refractivity contribution < 1.29 is 14.5 Å². The van der Waals surface area contributed by atoms with Gasteiger partial charge < -0.3 is 10.6 Å². The van der Waals surface area contributed by atoms with Gasteiger partial charge in [0.2, 0.25) is 5.91 Å². The number of anilines is 2. The number of hydrogen-bond acceptors (Lipinski definition) is 4. The van der Waals surface area contributed by atoms with E-state index in [9.17, 15) is 19.7 Å². The molecule has 2 aromatic rings. The minimum atomic E-state index is -0.589. The van der Waals surface area contributed by atoms with Gasteiger partial charge in [-0.15, -0.1) is 0 Å². The van der Waals surface area contributed by atoms with Gasteiger partial charge in [0, 0.05) is 30.4 Å². The van der Waals surface area contributed by atoms with Crippen LogP contribution < -0.4 is 10.6 Å². The van der Waals surface area contributed by atoms with E-state index in [4.69, 9.17) is 11.6 Å². The van der Waals surface area contributed by atoms with E-state index in [2.05, 4.69) is 10.6 Å². The predicted molar refractivity (Wildman–Crippen MR) is 91.5 cm³/mol. The smallest absolute Gasteiger partial charge is 0.270 e. The first-order chi connectivity index (χ1) is 11.3.